The van der Waals surface area contributed by atoms with E-state index in [4.69, 9.17) is 0 Å². The molecular weight excluding hydrogens is 224 g/mol. The number of hydrogen-bond donors (Lipinski definition) is 1. The molecule has 1 aliphatic rings. The van der Waals surface area contributed by atoms with Crippen LogP contribution in [0.15, 0.2) is 23.1 Å². The first-order valence-corrected chi connectivity index (χ1v) is 7.42. The lowest BCUT2D eigenvalue weighted by molar-refractivity contribution is 0.356. The van der Waals surface area contributed by atoms with Crippen LogP contribution in [0.25, 0.3) is 0 Å². The molecule has 0 saturated heterocycles. The van der Waals surface area contributed by atoms with Crippen molar-refractivity contribution < 1.29 is 0 Å². The zero-order valence-corrected chi connectivity index (χ0v) is 12.0. The van der Waals surface area contributed by atoms with Crippen molar-refractivity contribution in [2.45, 2.75) is 63.2 Å². The van der Waals surface area contributed by atoms with E-state index < -0.39 is 0 Å². The van der Waals surface area contributed by atoms with Crippen LogP contribution in [-0.2, 0) is 6.42 Å². The molecule has 0 spiro atoms. The van der Waals surface area contributed by atoms with E-state index in [1.165, 1.54) is 49.7 Å². The lowest BCUT2D eigenvalue weighted by Gasteiger charge is -2.22. The molecule has 0 atom stereocenters. The highest BCUT2D eigenvalue weighted by atomic mass is 32.1. The van der Waals surface area contributed by atoms with Crippen LogP contribution < -0.4 is 0 Å². The van der Waals surface area contributed by atoms with Crippen LogP contribution >= 0.6 is 12.6 Å². The molecule has 17 heavy (non-hydrogen) atoms. The summed E-state index contributed by atoms with van der Waals surface area (Å²) in [7, 11) is 0. The van der Waals surface area contributed by atoms with Gasteiger partial charge >= 0.3 is 0 Å². The Bertz CT molecular complexity index is 362. The molecule has 0 bridgehead atoms. The average Bonchev–Trinajstić information content (AvgIpc) is 2.29. The molecule has 2 rings (SSSR count). The van der Waals surface area contributed by atoms with Gasteiger partial charge in [0.15, 0.2) is 0 Å². The third-order valence-corrected chi connectivity index (χ3v) is 4.17. The quantitative estimate of drug-likeness (QED) is 0.696. The van der Waals surface area contributed by atoms with Crippen molar-refractivity contribution in [1.29, 1.82) is 0 Å². The molecule has 1 saturated carbocycles. The summed E-state index contributed by atoms with van der Waals surface area (Å²) < 4.78 is 0. The second-order valence-corrected chi connectivity index (χ2v) is 6.31. The fraction of sp³-hybridized carbons (Fsp3) is 0.625. The minimum atomic E-state index is 0.604. The zero-order valence-electron chi connectivity index (χ0n) is 11.1. The summed E-state index contributed by atoms with van der Waals surface area (Å²) in [5.41, 5.74) is 2.93. The molecule has 0 heterocycles. The Kier molecular flexibility index (Phi) is 4.55. The summed E-state index contributed by atoms with van der Waals surface area (Å²) in [6, 6.07) is 6.85. The molecule has 94 valence electrons. The topological polar surface area (TPSA) is 0 Å². The molecule has 0 aliphatic heterocycles. The molecule has 1 aromatic rings. The van der Waals surface area contributed by atoms with Crippen molar-refractivity contribution in [1.82, 2.24) is 0 Å². The Balaban J connectivity index is 2.09. The van der Waals surface area contributed by atoms with Crippen molar-refractivity contribution in [3.8, 4) is 0 Å². The number of hydrogen-bond acceptors (Lipinski definition) is 1. The maximum absolute atomic E-state index is 4.54. The van der Waals surface area contributed by atoms with Crippen LogP contribution in [0.5, 0.6) is 0 Å². The SMILES string of the molecule is CC(C)c1cc(S)cc(CC2CCCCC2)c1. The van der Waals surface area contributed by atoms with Crippen molar-refractivity contribution in [3.05, 3.63) is 29.3 Å². The van der Waals surface area contributed by atoms with E-state index in [1.807, 2.05) is 0 Å². The molecule has 1 aromatic carbocycles. The highest BCUT2D eigenvalue weighted by Crippen LogP contribution is 2.29. The van der Waals surface area contributed by atoms with Crippen LogP contribution in [0, 0.1) is 5.92 Å². The van der Waals surface area contributed by atoms with Crippen molar-refractivity contribution in [2.24, 2.45) is 5.92 Å². The largest absolute Gasteiger partial charge is 0.143 e. The predicted molar refractivity (Wildman–Crippen MR) is 78.1 cm³/mol. The minimum absolute atomic E-state index is 0.604. The summed E-state index contributed by atoms with van der Waals surface area (Å²) in [6.45, 7) is 4.51. The molecule has 1 heteroatoms. The highest BCUT2D eigenvalue weighted by Gasteiger charge is 2.14. The Morgan fingerprint density at radius 2 is 1.82 bits per heavy atom. The molecule has 0 N–H and O–H groups in total. The second kappa shape index (κ2) is 5.95. The number of thiol groups is 1. The van der Waals surface area contributed by atoms with E-state index in [0.29, 0.717) is 5.92 Å². The molecule has 1 fully saturated rings. The number of benzene rings is 1. The molecule has 0 amide bonds. The lowest BCUT2D eigenvalue weighted by atomic mass is 9.84. The van der Waals surface area contributed by atoms with Gasteiger partial charge in [0.2, 0.25) is 0 Å². The van der Waals surface area contributed by atoms with Crippen molar-refractivity contribution in [2.75, 3.05) is 0 Å². The first-order chi connectivity index (χ1) is 8.15. The van der Waals surface area contributed by atoms with Gasteiger partial charge in [-0.15, -0.1) is 12.6 Å². The van der Waals surface area contributed by atoms with Gasteiger partial charge in [0.25, 0.3) is 0 Å². The van der Waals surface area contributed by atoms with Crippen LogP contribution in [0.1, 0.15) is 63.0 Å². The summed E-state index contributed by atoms with van der Waals surface area (Å²) >= 11 is 4.54. The van der Waals surface area contributed by atoms with E-state index in [0.717, 1.165) is 10.8 Å². The van der Waals surface area contributed by atoms with E-state index in [2.05, 4.69) is 44.7 Å². The van der Waals surface area contributed by atoms with E-state index in [1.54, 1.807) is 0 Å². The van der Waals surface area contributed by atoms with Gasteiger partial charge in [-0.3, -0.25) is 0 Å². The van der Waals surface area contributed by atoms with Crippen LogP contribution in [-0.4, -0.2) is 0 Å². The highest BCUT2D eigenvalue weighted by molar-refractivity contribution is 7.80. The smallest absolute Gasteiger partial charge is 0.00455 e. The van der Waals surface area contributed by atoms with Gasteiger partial charge in [0.05, 0.1) is 0 Å². The van der Waals surface area contributed by atoms with Crippen molar-refractivity contribution >= 4 is 12.6 Å². The Morgan fingerprint density at radius 1 is 1.12 bits per heavy atom. The normalized spacial score (nSPS) is 17.6. The van der Waals surface area contributed by atoms with E-state index in [-0.39, 0.29) is 0 Å². The van der Waals surface area contributed by atoms with Crippen LogP contribution in [0.3, 0.4) is 0 Å². The summed E-state index contributed by atoms with van der Waals surface area (Å²) in [4.78, 5) is 1.13. The standard InChI is InChI=1S/C16H24S/c1-12(2)15-9-14(10-16(17)11-15)8-13-6-4-3-5-7-13/h9-13,17H,3-8H2,1-2H3. The van der Waals surface area contributed by atoms with Gasteiger partial charge in [-0.2, -0.15) is 0 Å². The molecule has 1 aliphatic carbocycles. The van der Waals surface area contributed by atoms with Gasteiger partial charge in [-0.25, -0.2) is 0 Å². The maximum Gasteiger partial charge on any atom is 0.00455 e. The third-order valence-electron chi connectivity index (χ3n) is 3.92. The maximum atomic E-state index is 4.54. The van der Waals surface area contributed by atoms with Gasteiger partial charge in [0.1, 0.15) is 0 Å². The molecule has 0 nitrogen and oxygen atoms in total. The molecule has 0 radical (unpaired) electrons. The number of rotatable bonds is 3. The molecular formula is C16H24S. The van der Waals surface area contributed by atoms with Crippen LogP contribution in [0.4, 0.5) is 0 Å². The Morgan fingerprint density at radius 3 is 2.47 bits per heavy atom. The Hall–Kier alpha value is -0.430. The second-order valence-electron chi connectivity index (χ2n) is 5.80. The summed E-state index contributed by atoms with van der Waals surface area (Å²) in [5, 5.41) is 0. The molecule has 0 aromatic heterocycles. The Labute approximate surface area is 111 Å². The van der Waals surface area contributed by atoms with E-state index in [9.17, 15) is 0 Å². The fourth-order valence-corrected chi connectivity index (χ4v) is 3.19. The summed E-state index contributed by atoms with van der Waals surface area (Å²) in [6.07, 6.45) is 8.42. The van der Waals surface area contributed by atoms with Gasteiger partial charge in [0, 0.05) is 4.90 Å². The van der Waals surface area contributed by atoms with Crippen molar-refractivity contribution in [3.63, 3.8) is 0 Å². The van der Waals surface area contributed by atoms with Gasteiger partial charge < -0.3 is 0 Å². The first-order valence-electron chi connectivity index (χ1n) is 6.98. The zero-order chi connectivity index (χ0) is 12.3. The minimum Gasteiger partial charge on any atom is -0.143 e. The average molecular weight is 248 g/mol. The monoisotopic (exact) mass is 248 g/mol. The van der Waals surface area contributed by atoms with Crippen LogP contribution in [0.2, 0.25) is 0 Å². The van der Waals surface area contributed by atoms with Gasteiger partial charge in [-0.05, 0) is 41.5 Å². The van der Waals surface area contributed by atoms with E-state index >= 15 is 0 Å². The molecule has 0 unspecified atom stereocenters. The third kappa shape index (κ3) is 3.77. The lowest BCUT2D eigenvalue weighted by Crippen LogP contribution is -2.09. The van der Waals surface area contributed by atoms with Gasteiger partial charge in [-0.1, -0.05) is 52.0 Å². The predicted octanol–water partition coefficient (Wildman–Crippen LogP) is 5.22. The fourth-order valence-electron chi connectivity index (χ4n) is 2.88. The first kappa shape index (κ1) is 13.0. The summed E-state index contributed by atoms with van der Waals surface area (Å²) in [5.74, 6) is 1.52.